The Hall–Kier alpha value is -2.35. The number of hydrogen-bond acceptors (Lipinski definition) is 5. The lowest BCUT2D eigenvalue weighted by molar-refractivity contribution is -0.125. The summed E-state index contributed by atoms with van der Waals surface area (Å²) in [4.78, 5) is 23.6. The Kier molecular flexibility index (Phi) is 6.19. The average molecular weight is 361 g/mol. The molecule has 0 radical (unpaired) electrons. The molecule has 0 saturated heterocycles. The number of carbonyl (C=O) groups is 2. The summed E-state index contributed by atoms with van der Waals surface area (Å²) in [5.74, 6) is -0.283. The second-order valence-corrected chi connectivity index (χ2v) is 7.63. The maximum absolute atomic E-state index is 11.9. The lowest BCUT2D eigenvalue weighted by Crippen LogP contribution is -2.46. The third-order valence-electron chi connectivity index (χ3n) is 3.12. The summed E-state index contributed by atoms with van der Waals surface area (Å²) in [6, 6.07) is 7.95. The first-order valence-electron chi connectivity index (χ1n) is 7.92. The smallest absolute Gasteiger partial charge is 0.239 e. The molecule has 7 nitrogen and oxygen atoms in total. The minimum absolute atomic E-state index is 0.0404. The number of aryl methyl sites for hydroxylation is 1. The first-order valence-corrected chi connectivity index (χ1v) is 8.91. The van der Waals surface area contributed by atoms with Crippen LogP contribution in [0.1, 0.15) is 26.3 Å². The van der Waals surface area contributed by atoms with Gasteiger partial charge in [0.2, 0.25) is 11.8 Å². The first kappa shape index (κ1) is 19.0. The fraction of sp³-hybridized carbons (Fsp3) is 0.412. The van der Waals surface area contributed by atoms with Crippen LogP contribution in [0.25, 0.3) is 5.69 Å². The van der Waals surface area contributed by atoms with Gasteiger partial charge in [-0.3, -0.25) is 14.2 Å². The van der Waals surface area contributed by atoms with Gasteiger partial charge in [0.15, 0.2) is 5.16 Å². The molecular weight excluding hydrogens is 338 g/mol. The molecule has 0 aliphatic rings. The number of nitrogens with one attached hydrogen (secondary N) is 2. The second kappa shape index (κ2) is 8.15. The fourth-order valence-electron chi connectivity index (χ4n) is 2.03. The molecule has 0 bridgehead atoms. The molecule has 2 rings (SSSR count). The summed E-state index contributed by atoms with van der Waals surface area (Å²) in [6.45, 7) is 7.65. The Morgan fingerprint density at radius 3 is 2.48 bits per heavy atom. The van der Waals surface area contributed by atoms with Crippen molar-refractivity contribution in [1.29, 1.82) is 0 Å². The van der Waals surface area contributed by atoms with Gasteiger partial charge < -0.3 is 10.6 Å². The van der Waals surface area contributed by atoms with Gasteiger partial charge in [0.1, 0.15) is 6.33 Å². The van der Waals surface area contributed by atoms with Crippen LogP contribution in [-0.2, 0) is 9.59 Å². The van der Waals surface area contributed by atoms with Gasteiger partial charge in [-0.15, -0.1) is 10.2 Å². The number of amides is 2. The van der Waals surface area contributed by atoms with Crippen molar-refractivity contribution in [2.75, 3.05) is 12.3 Å². The molecule has 0 saturated carbocycles. The van der Waals surface area contributed by atoms with E-state index in [2.05, 4.69) is 20.8 Å². The zero-order valence-electron chi connectivity index (χ0n) is 14.9. The van der Waals surface area contributed by atoms with E-state index in [4.69, 9.17) is 0 Å². The largest absolute Gasteiger partial charge is 0.350 e. The van der Waals surface area contributed by atoms with Gasteiger partial charge in [-0.05, 0) is 39.8 Å². The molecule has 2 N–H and O–H groups in total. The summed E-state index contributed by atoms with van der Waals surface area (Å²) in [5, 5.41) is 14.0. The van der Waals surface area contributed by atoms with Crippen LogP contribution < -0.4 is 10.6 Å². The maximum atomic E-state index is 11.9. The predicted molar refractivity (Wildman–Crippen MR) is 97.7 cm³/mol. The number of thioether (sulfide) groups is 1. The van der Waals surface area contributed by atoms with Crippen LogP contribution in [0.4, 0.5) is 0 Å². The molecule has 0 aliphatic carbocycles. The third kappa shape index (κ3) is 6.22. The highest BCUT2D eigenvalue weighted by Gasteiger charge is 2.15. The van der Waals surface area contributed by atoms with Crippen LogP contribution in [0.2, 0.25) is 0 Å². The number of benzene rings is 1. The number of carbonyl (C=O) groups excluding carboxylic acids is 2. The topological polar surface area (TPSA) is 88.9 Å². The van der Waals surface area contributed by atoms with Crippen molar-refractivity contribution in [3.63, 3.8) is 0 Å². The molecule has 0 fully saturated rings. The first-order chi connectivity index (χ1) is 11.7. The Labute approximate surface area is 151 Å². The highest BCUT2D eigenvalue weighted by atomic mass is 32.2. The lowest BCUT2D eigenvalue weighted by Gasteiger charge is -2.20. The van der Waals surface area contributed by atoms with Gasteiger partial charge in [-0.25, -0.2) is 0 Å². The lowest BCUT2D eigenvalue weighted by atomic mass is 10.1. The molecule has 1 aromatic heterocycles. The highest BCUT2D eigenvalue weighted by Crippen LogP contribution is 2.19. The van der Waals surface area contributed by atoms with E-state index in [1.54, 1.807) is 6.33 Å². The quantitative estimate of drug-likeness (QED) is 0.765. The van der Waals surface area contributed by atoms with E-state index < -0.39 is 0 Å². The molecule has 2 aromatic rings. The van der Waals surface area contributed by atoms with E-state index in [0.717, 1.165) is 5.69 Å². The average Bonchev–Trinajstić information content (AvgIpc) is 2.98. The number of rotatable bonds is 6. The van der Waals surface area contributed by atoms with Crippen molar-refractivity contribution in [1.82, 2.24) is 25.4 Å². The van der Waals surface area contributed by atoms with Gasteiger partial charge in [0.25, 0.3) is 0 Å². The van der Waals surface area contributed by atoms with Crippen molar-refractivity contribution in [2.45, 2.75) is 38.4 Å². The van der Waals surface area contributed by atoms with Crippen LogP contribution in [0, 0.1) is 6.92 Å². The van der Waals surface area contributed by atoms with E-state index in [0.29, 0.717) is 5.16 Å². The highest BCUT2D eigenvalue weighted by molar-refractivity contribution is 7.99. The van der Waals surface area contributed by atoms with Gasteiger partial charge in [0, 0.05) is 11.2 Å². The van der Waals surface area contributed by atoms with Crippen LogP contribution >= 0.6 is 11.8 Å². The van der Waals surface area contributed by atoms with Crippen molar-refractivity contribution < 1.29 is 9.59 Å². The molecule has 8 heteroatoms. The van der Waals surface area contributed by atoms with Crippen molar-refractivity contribution in [3.8, 4) is 5.69 Å². The molecule has 134 valence electrons. The summed E-state index contributed by atoms with van der Waals surface area (Å²) >= 11 is 1.27. The Bertz CT molecular complexity index is 734. The molecule has 0 atom stereocenters. The van der Waals surface area contributed by atoms with Crippen molar-refractivity contribution in [3.05, 3.63) is 36.2 Å². The van der Waals surface area contributed by atoms with Gasteiger partial charge >= 0.3 is 0 Å². The van der Waals surface area contributed by atoms with Crippen molar-refractivity contribution in [2.24, 2.45) is 0 Å². The van der Waals surface area contributed by atoms with Crippen LogP contribution in [0.3, 0.4) is 0 Å². The summed E-state index contributed by atoms with van der Waals surface area (Å²) in [6.07, 6.45) is 1.61. The molecule has 0 unspecified atom stereocenters. The SMILES string of the molecule is Cc1ccc(-n2cnnc2SCC(=O)NCC(=O)NC(C)(C)C)cc1. The molecule has 2 amide bonds. The molecule has 0 spiro atoms. The molecule has 25 heavy (non-hydrogen) atoms. The summed E-state index contributed by atoms with van der Waals surface area (Å²) in [7, 11) is 0. The normalized spacial score (nSPS) is 11.2. The minimum Gasteiger partial charge on any atom is -0.350 e. The molecular formula is C17H23N5O2S. The summed E-state index contributed by atoms with van der Waals surface area (Å²) in [5.41, 5.74) is 1.78. The fourth-order valence-corrected chi connectivity index (χ4v) is 2.79. The maximum Gasteiger partial charge on any atom is 0.239 e. The van der Waals surface area contributed by atoms with E-state index in [1.165, 1.54) is 17.3 Å². The predicted octanol–water partition coefficient (Wildman–Crippen LogP) is 1.70. The van der Waals surface area contributed by atoms with E-state index in [1.807, 2.05) is 56.5 Å². The van der Waals surface area contributed by atoms with Crippen molar-refractivity contribution >= 4 is 23.6 Å². The van der Waals surface area contributed by atoms with Crippen LogP contribution in [-0.4, -0.2) is 44.4 Å². The zero-order valence-corrected chi connectivity index (χ0v) is 15.7. The third-order valence-corrected chi connectivity index (χ3v) is 4.06. The Balaban J connectivity index is 1.86. The standard InChI is InChI=1S/C17H23N5O2S/c1-12-5-7-13(8-6-12)22-11-19-21-16(22)25-10-15(24)18-9-14(23)20-17(2,3)4/h5-8,11H,9-10H2,1-4H3,(H,18,24)(H,20,23). The van der Waals surface area contributed by atoms with Gasteiger partial charge in [0.05, 0.1) is 12.3 Å². The zero-order chi connectivity index (χ0) is 18.4. The number of hydrogen-bond donors (Lipinski definition) is 2. The second-order valence-electron chi connectivity index (χ2n) is 6.68. The van der Waals surface area contributed by atoms with E-state index in [9.17, 15) is 9.59 Å². The van der Waals surface area contributed by atoms with Crippen LogP contribution in [0.5, 0.6) is 0 Å². The van der Waals surface area contributed by atoms with Gasteiger partial charge in [-0.1, -0.05) is 29.5 Å². The number of nitrogens with zero attached hydrogens (tertiary/aromatic N) is 3. The Morgan fingerprint density at radius 2 is 1.84 bits per heavy atom. The van der Waals surface area contributed by atoms with E-state index >= 15 is 0 Å². The van der Waals surface area contributed by atoms with E-state index in [-0.39, 0.29) is 29.7 Å². The minimum atomic E-state index is -0.318. The molecule has 1 heterocycles. The van der Waals surface area contributed by atoms with Gasteiger partial charge in [-0.2, -0.15) is 0 Å². The monoisotopic (exact) mass is 361 g/mol. The summed E-state index contributed by atoms with van der Waals surface area (Å²) < 4.78 is 1.82. The molecule has 0 aliphatic heterocycles. The number of aromatic nitrogens is 3. The molecule has 1 aromatic carbocycles. The Morgan fingerprint density at radius 1 is 1.16 bits per heavy atom. The van der Waals surface area contributed by atoms with Crippen LogP contribution in [0.15, 0.2) is 35.7 Å².